The first-order valence-electron chi connectivity index (χ1n) is 6.07. The molecule has 0 aliphatic heterocycles. The zero-order valence-corrected chi connectivity index (χ0v) is 10.5. The van der Waals surface area contributed by atoms with Gasteiger partial charge >= 0.3 is 0 Å². The Kier molecular flexibility index (Phi) is 2.96. The van der Waals surface area contributed by atoms with E-state index in [4.69, 9.17) is 5.73 Å². The lowest BCUT2D eigenvalue weighted by Gasteiger charge is -2.21. The van der Waals surface area contributed by atoms with E-state index in [1.165, 1.54) is 5.56 Å². The second-order valence-corrected chi connectivity index (χ2v) is 5.55. The predicted octanol–water partition coefficient (Wildman–Crippen LogP) is 1.57. The fourth-order valence-electron chi connectivity index (χ4n) is 1.99. The number of nitrogens with two attached hydrogens (primary N) is 1. The summed E-state index contributed by atoms with van der Waals surface area (Å²) in [6.07, 6.45) is 2.28. The van der Waals surface area contributed by atoms with Crippen LogP contribution in [0.1, 0.15) is 32.3 Å². The Balaban J connectivity index is 1.99. The van der Waals surface area contributed by atoms with Gasteiger partial charge in [0.25, 0.3) is 0 Å². The summed E-state index contributed by atoms with van der Waals surface area (Å²) in [7, 11) is 0. The summed E-state index contributed by atoms with van der Waals surface area (Å²) in [6.45, 7) is 4.14. The van der Waals surface area contributed by atoms with Crippen molar-refractivity contribution in [2.75, 3.05) is 6.54 Å². The number of benzene rings is 1. The molecule has 0 unspecified atom stereocenters. The molecule has 2 rings (SSSR count). The van der Waals surface area contributed by atoms with E-state index in [2.05, 4.69) is 17.4 Å². The van der Waals surface area contributed by atoms with E-state index in [0.29, 0.717) is 6.54 Å². The summed E-state index contributed by atoms with van der Waals surface area (Å²) in [5, 5.41) is 2.96. The van der Waals surface area contributed by atoms with Crippen molar-refractivity contribution in [1.82, 2.24) is 5.32 Å². The van der Waals surface area contributed by atoms with Gasteiger partial charge in [-0.3, -0.25) is 4.79 Å². The van der Waals surface area contributed by atoms with Crippen LogP contribution in [0.3, 0.4) is 0 Å². The molecule has 0 heterocycles. The van der Waals surface area contributed by atoms with Crippen molar-refractivity contribution in [2.24, 2.45) is 5.73 Å². The van der Waals surface area contributed by atoms with Gasteiger partial charge in [-0.1, -0.05) is 30.3 Å². The van der Waals surface area contributed by atoms with Gasteiger partial charge < -0.3 is 11.1 Å². The first kappa shape index (κ1) is 12.1. The van der Waals surface area contributed by atoms with Crippen molar-refractivity contribution in [3.63, 3.8) is 0 Å². The molecule has 0 bridgehead atoms. The molecule has 0 radical (unpaired) electrons. The third-order valence-electron chi connectivity index (χ3n) is 3.41. The molecule has 3 heteroatoms. The highest BCUT2D eigenvalue weighted by atomic mass is 16.2. The predicted molar refractivity (Wildman–Crippen MR) is 68.6 cm³/mol. The molecule has 3 N–H and O–H groups in total. The van der Waals surface area contributed by atoms with E-state index in [9.17, 15) is 4.79 Å². The fraction of sp³-hybridized carbons (Fsp3) is 0.500. The third kappa shape index (κ3) is 2.67. The van der Waals surface area contributed by atoms with Crippen molar-refractivity contribution in [3.05, 3.63) is 35.9 Å². The van der Waals surface area contributed by atoms with Gasteiger partial charge in [0.1, 0.15) is 0 Å². The summed E-state index contributed by atoms with van der Waals surface area (Å²) in [5.41, 5.74) is 6.43. The van der Waals surface area contributed by atoms with Crippen LogP contribution in [0.2, 0.25) is 0 Å². The van der Waals surface area contributed by atoms with Gasteiger partial charge in [-0.25, -0.2) is 0 Å². The Morgan fingerprint density at radius 1 is 1.35 bits per heavy atom. The first-order chi connectivity index (χ1) is 7.94. The number of carbonyl (C=O) groups excluding carboxylic acids is 1. The van der Waals surface area contributed by atoms with Gasteiger partial charge in [-0.05, 0) is 32.3 Å². The summed E-state index contributed by atoms with van der Waals surface area (Å²) in [4.78, 5) is 11.7. The Labute approximate surface area is 102 Å². The Bertz CT molecular complexity index is 402. The molecule has 0 atom stereocenters. The Morgan fingerprint density at radius 3 is 2.41 bits per heavy atom. The SMILES string of the molecule is CC(C)(N)C(=O)NCC1(c2ccccc2)CC1. The van der Waals surface area contributed by atoms with Crippen molar-refractivity contribution in [3.8, 4) is 0 Å². The third-order valence-corrected chi connectivity index (χ3v) is 3.41. The molecule has 3 nitrogen and oxygen atoms in total. The van der Waals surface area contributed by atoms with E-state index in [1.807, 2.05) is 18.2 Å². The Morgan fingerprint density at radius 2 is 1.94 bits per heavy atom. The molecule has 1 saturated carbocycles. The normalized spacial score (nSPS) is 17.6. The highest BCUT2D eigenvalue weighted by molar-refractivity contribution is 5.85. The first-order valence-corrected chi connectivity index (χ1v) is 6.07. The lowest BCUT2D eigenvalue weighted by Crippen LogP contribution is -2.50. The summed E-state index contributed by atoms with van der Waals surface area (Å²) in [6, 6.07) is 10.4. The van der Waals surface area contributed by atoms with Crippen LogP contribution in [0.15, 0.2) is 30.3 Å². The molecule has 0 aromatic heterocycles. The smallest absolute Gasteiger partial charge is 0.239 e. The molecular formula is C14H20N2O. The molecule has 17 heavy (non-hydrogen) atoms. The summed E-state index contributed by atoms with van der Waals surface area (Å²) < 4.78 is 0. The zero-order valence-electron chi connectivity index (χ0n) is 10.5. The fourth-order valence-corrected chi connectivity index (χ4v) is 1.99. The van der Waals surface area contributed by atoms with Crippen molar-refractivity contribution in [2.45, 2.75) is 37.6 Å². The van der Waals surface area contributed by atoms with Crippen LogP contribution in [-0.4, -0.2) is 18.0 Å². The highest BCUT2D eigenvalue weighted by Crippen LogP contribution is 2.47. The number of carbonyl (C=O) groups is 1. The van der Waals surface area contributed by atoms with Crippen LogP contribution in [0.4, 0.5) is 0 Å². The van der Waals surface area contributed by atoms with E-state index < -0.39 is 5.54 Å². The van der Waals surface area contributed by atoms with E-state index >= 15 is 0 Å². The number of hydrogen-bond acceptors (Lipinski definition) is 2. The van der Waals surface area contributed by atoms with E-state index in [0.717, 1.165) is 12.8 Å². The quantitative estimate of drug-likeness (QED) is 0.828. The van der Waals surface area contributed by atoms with Crippen molar-refractivity contribution >= 4 is 5.91 Å². The highest BCUT2D eigenvalue weighted by Gasteiger charge is 2.44. The van der Waals surface area contributed by atoms with Gasteiger partial charge in [0, 0.05) is 12.0 Å². The standard InChI is InChI=1S/C14H20N2O/c1-13(2,15)12(17)16-10-14(8-9-14)11-6-4-3-5-7-11/h3-7H,8-10,15H2,1-2H3,(H,16,17). The molecule has 1 aliphatic rings. The van der Waals surface area contributed by atoms with Crippen molar-refractivity contribution < 1.29 is 4.79 Å². The number of hydrogen-bond donors (Lipinski definition) is 2. The molecule has 1 amide bonds. The van der Waals surface area contributed by atoms with Crippen molar-refractivity contribution in [1.29, 1.82) is 0 Å². The molecule has 1 aromatic rings. The number of amides is 1. The van der Waals surface area contributed by atoms with Gasteiger partial charge in [-0.2, -0.15) is 0 Å². The maximum absolute atomic E-state index is 11.7. The minimum atomic E-state index is -0.799. The minimum absolute atomic E-state index is 0.0836. The van der Waals surface area contributed by atoms with E-state index in [1.54, 1.807) is 13.8 Å². The van der Waals surface area contributed by atoms with Gasteiger partial charge in [0.15, 0.2) is 0 Å². The Hall–Kier alpha value is -1.35. The molecule has 92 valence electrons. The van der Waals surface area contributed by atoms with Crippen LogP contribution in [0, 0.1) is 0 Å². The van der Waals surface area contributed by atoms with E-state index in [-0.39, 0.29) is 11.3 Å². The maximum Gasteiger partial charge on any atom is 0.239 e. The van der Waals surface area contributed by atoms with Gasteiger partial charge in [-0.15, -0.1) is 0 Å². The van der Waals surface area contributed by atoms with Gasteiger partial charge in [0.05, 0.1) is 5.54 Å². The van der Waals surface area contributed by atoms with Crippen LogP contribution < -0.4 is 11.1 Å². The topological polar surface area (TPSA) is 55.1 Å². The number of nitrogens with one attached hydrogen (secondary N) is 1. The molecular weight excluding hydrogens is 212 g/mol. The maximum atomic E-state index is 11.7. The largest absolute Gasteiger partial charge is 0.354 e. The summed E-state index contributed by atoms with van der Waals surface area (Å²) in [5.74, 6) is -0.0836. The zero-order chi connectivity index (χ0) is 12.5. The molecule has 1 fully saturated rings. The monoisotopic (exact) mass is 232 g/mol. The van der Waals surface area contributed by atoms with Crippen LogP contribution >= 0.6 is 0 Å². The lowest BCUT2D eigenvalue weighted by molar-refractivity contribution is -0.125. The molecule has 0 spiro atoms. The second-order valence-electron chi connectivity index (χ2n) is 5.55. The second kappa shape index (κ2) is 4.15. The lowest BCUT2D eigenvalue weighted by atomic mass is 9.95. The molecule has 1 aliphatic carbocycles. The minimum Gasteiger partial charge on any atom is -0.354 e. The van der Waals surface area contributed by atoms with Crippen LogP contribution in [0.5, 0.6) is 0 Å². The number of rotatable bonds is 4. The van der Waals surface area contributed by atoms with Crippen LogP contribution in [0.25, 0.3) is 0 Å². The molecule has 1 aromatic carbocycles. The summed E-state index contributed by atoms with van der Waals surface area (Å²) >= 11 is 0. The molecule has 0 saturated heterocycles. The average Bonchev–Trinajstić information content (AvgIpc) is 3.07. The van der Waals surface area contributed by atoms with Gasteiger partial charge in [0.2, 0.25) is 5.91 Å². The van der Waals surface area contributed by atoms with Crippen LogP contribution in [-0.2, 0) is 10.2 Å². The average molecular weight is 232 g/mol.